The van der Waals surface area contributed by atoms with Crippen LogP contribution in [0.25, 0.3) is 0 Å². The van der Waals surface area contributed by atoms with Crippen LogP contribution in [-0.2, 0) is 6.42 Å². The van der Waals surface area contributed by atoms with Crippen LogP contribution in [-0.4, -0.2) is 21.5 Å². The normalized spacial score (nSPS) is 10.7. The number of rotatable bonds is 4. The van der Waals surface area contributed by atoms with Gasteiger partial charge < -0.3 is 5.32 Å². The fraction of sp³-hybridized carbons (Fsp3) is 0.417. The van der Waals surface area contributed by atoms with Crippen molar-refractivity contribution >= 4 is 17.2 Å². The van der Waals surface area contributed by atoms with Crippen molar-refractivity contribution in [1.29, 1.82) is 0 Å². The van der Waals surface area contributed by atoms with Gasteiger partial charge >= 0.3 is 0 Å². The van der Waals surface area contributed by atoms with Crippen LogP contribution >= 0.6 is 11.3 Å². The second kappa shape index (κ2) is 5.39. The van der Waals surface area contributed by atoms with Crippen molar-refractivity contribution < 1.29 is 4.39 Å². The molecule has 1 N–H and O–H groups in total. The smallest absolute Gasteiger partial charge is 0.186 e. The zero-order valence-electron chi connectivity index (χ0n) is 10.6. The predicted octanol–water partition coefficient (Wildman–Crippen LogP) is 2.71. The maximum atomic E-state index is 13.7. The Morgan fingerprint density at radius 1 is 1.28 bits per heavy atom. The van der Waals surface area contributed by atoms with E-state index in [0.29, 0.717) is 24.5 Å². The van der Waals surface area contributed by atoms with Crippen LogP contribution in [0.4, 0.5) is 10.2 Å². The van der Waals surface area contributed by atoms with Gasteiger partial charge in [-0.1, -0.05) is 0 Å². The summed E-state index contributed by atoms with van der Waals surface area (Å²) in [5.74, 6) is 0.483. The van der Waals surface area contributed by atoms with Crippen LogP contribution in [0.3, 0.4) is 0 Å². The third-order valence-electron chi connectivity index (χ3n) is 2.41. The molecule has 0 aliphatic carbocycles. The van der Waals surface area contributed by atoms with Gasteiger partial charge in [0.1, 0.15) is 5.82 Å². The Bertz CT molecular complexity index is 553. The lowest BCUT2D eigenvalue weighted by Crippen LogP contribution is -2.09. The zero-order chi connectivity index (χ0) is 13.1. The molecule has 2 aromatic heterocycles. The minimum Gasteiger partial charge on any atom is -0.368 e. The number of nitrogens with zero attached hydrogens (tertiary/aromatic N) is 3. The first-order valence-electron chi connectivity index (χ1n) is 5.78. The summed E-state index contributed by atoms with van der Waals surface area (Å²) in [5.41, 5.74) is 1.29. The Labute approximate surface area is 109 Å². The van der Waals surface area contributed by atoms with E-state index in [0.717, 1.165) is 10.7 Å². The monoisotopic (exact) mass is 266 g/mol. The average Bonchev–Trinajstić information content (AvgIpc) is 2.71. The summed E-state index contributed by atoms with van der Waals surface area (Å²) in [6.07, 6.45) is 0.532. The molecule has 0 aliphatic rings. The lowest BCUT2D eigenvalue weighted by molar-refractivity contribution is 0.601. The molecule has 0 aliphatic heterocycles. The number of nitrogens with one attached hydrogen (secondary N) is 1. The topological polar surface area (TPSA) is 50.7 Å². The highest BCUT2D eigenvalue weighted by atomic mass is 32.1. The summed E-state index contributed by atoms with van der Waals surface area (Å²) in [7, 11) is 0. The lowest BCUT2D eigenvalue weighted by Gasteiger charge is -2.07. The Morgan fingerprint density at radius 2 is 2.06 bits per heavy atom. The lowest BCUT2D eigenvalue weighted by atomic mass is 10.3. The fourth-order valence-corrected chi connectivity index (χ4v) is 2.24. The molecule has 0 unspecified atom stereocenters. The molecule has 0 amide bonds. The average molecular weight is 266 g/mol. The second-order valence-corrected chi connectivity index (χ2v) is 5.02. The first-order chi connectivity index (χ1) is 8.60. The molecule has 18 heavy (non-hydrogen) atoms. The van der Waals surface area contributed by atoms with E-state index in [9.17, 15) is 4.39 Å². The van der Waals surface area contributed by atoms with Gasteiger partial charge in [0.15, 0.2) is 11.6 Å². The maximum Gasteiger partial charge on any atom is 0.186 e. The van der Waals surface area contributed by atoms with Crippen molar-refractivity contribution in [2.75, 3.05) is 11.9 Å². The van der Waals surface area contributed by atoms with Crippen LogP contribution in [0.2, 0.25) is 0 Å². The van der Waals surface area contributed by atoms with Crippen molar-refractivity contribution in [2.24, 2.45) is 0 Å². The van der Waals surface area contributed by atoms with Crippen LogP contribution in [0.5, 0.6) is 0 Å². The van der Waals surface area contributed by atoms with Crippen molar-refractivity contribution in [3.05, 3.63) is 33.4 Å². The molecule has 0 saturated carbocycles. The number of halogens is 1. The molecular formula is C12H15FN4S. The van der Waals surface area contributed by atoms with Crippen LogP contribution in [0.1, 0.15) is 29.1 Å². The molecule has 0 fully saturated rings. The quantitative estimate of drug-likeness (QED) is 0.924. The first kappa shape index (κ1) is 12.9. The summed E-state index contributed by atoms with van der Waals surface area (Å²) in [6, 6.07) is 0. The van der Waals surface area contributed by atoms with E-state index in [1.807, 2.05) is 19.2 Å². The van der Waals surface area contributed by atoms with E-state index in [2.05, 4.69) is 20.3 Å². The maximum absolute atomic E-state index is 13.7. The Hall–Kier alpha value is -1.56. The molecule has 0 bridgehead atoms. The van der Waals surface area contributed by atoms with Gasteiger partial charge in [-0.05, 0) is 20.8 Å². The standard InChI is InChI=1S/C12H15FN4S/c1-4-14-12-11(13)7(2)15-10(17-12)5-9-6-18-8(3)16-9/h6H,4-5H2,1-3H3,(H,14,15,17). The number of aryl methyl sites for hydroxylation is 2. The highest BCUT2D eigenvalue weighted by Crippen LogP contribution is 2.16. The molecule has 6 heteroatoms. The molecule has 2 rings (SSSR count). The van der Waals surface area contributed by atoms with Crippen molar-refractivity contribution in [2.45, 2.75) is 27.2 Å². The Balaban J connectivity index is 2.28. The Morgan fingerprint density at radius 3 is 2.67 bits per heavy atom. The highest BCUT2D eigenvalue weighted by molar-refractivity contribution is 7.09. The molecule has 4 nitrogen and oxygen atoms in total. The first-order valence-corrected chi connectivity index (χ1v) is 6.66. The van der Waals surface area contributed by atoms with E-state index in [-0.39, 0.29) is 11.6 Å². The van der Waals surface area contributed by atoms with Gasteiger partial charge in [0.25, 0.3) is 0 Å². The van der Waals surface area contributed by atoms with E-state index >= 15 is 0 Å². The van der Waals surface area contributed by atoms with Gasteiger partial charge in [-0.3, -0.25) is 0 Å². The van der Waals surface area contributed by atoms with E-state index in [1.54, 1.807) is 18.3 Å². The van der Waals surface area contributed by atoms with Crippen molar-refractivity contribution in [3.8, 4) is 0 Å². The van der Waals surface area contributed by atoms with Gasteiger partial charge in [0, 0.05) is 11.9 Å². The van der Waals surface area contributed by atoms with Gasteiger partial charge in [-0.25, -0.2) is 19.3 Å². The third-order valence-corrected chi connectivity index (χ3v) is 3.24. The molecular weight excluding hydrogens is 251 g/mol. The minimum absolute atomic E-state index is 0.270. The van der Waals surface area contributed by atoms with Gasteiger partial charge in [-0.2, -0.15) is 0 Å². The fourth-order valence-electron chi connectivity index (χ4n) is 1.63. The number of thiazole rings is 1. The van der Waals surface area contributed by atoms with Gasteiger partial charge in [0.05, 0.1) is 22.8 Å². The van der Waals surface area contributed by atoms with Crippen molar-refractivity contribution in [1.82, 2.24) is 15.0 Å². The molecule has 0 atom stereocenters. The van der Waals surface area contributed by atoms with Gasteiger partial charge in [-0.15, -0.1) is 11.3 Å². The highest BCUT2D eigenvalue weighted by Gasteiger charge is 2.11. The summed E-state index contributed by atoms with van der Waals surface area (Å²) < 4.78 is 13.7. The molecule has 2 aromatic rings. The summed E-state index contributed by atoms with van der Waals surface area (Å²) in [5, 5.41) is 5.89. The van der Waals surface area contributed by atoms with Gasteiger partial charge in [0.2, 0.25) is 0 Å². The van der Waals surface area contributed by atoms with E-state index < -0.39 is 0 Å². The molecule has 0 spiro atoms. The molecule has 0 saturated heterocycles. The van der Waals surface area contributed by atoms with Crippen LogP contribution in [0.15, 0.2) is 5.38 Å². The largest absolute Gasteiger partial charge is 0.368 e. The minimum atomic E-state index is -0.380. The van der Waals surface area contributed by atoms with Crippen molar-refractivity contribution in [3.63, 3.8) is 0 Å². The number of hydrogen-bond donors (Lipinski definition) is 1. The third kappa shape index (κ3) is 2.81. The number of anilines is 1. The molecule has 0 aromatic carbocycles. The SMILES string of the molecule is CCNc1nc(Cc2csc(C)n2)nc(C)c1F. The predicted molar refractivity (Wildman–Crippen MR) is 70.5 cm³/mol. The van der Waals surface area contributed by atoms with Crippen LogP contribution < -0.4 is 5.32 Å². The second-order valence-electron chi connectivity index (χ2n) is 3.95. The van der Waals surface area contributed by atoms with E-state index in [1.165, 1.54) is 0 Å². The molecule has 0 radical (unpaired) electrons. The molecule has 96 valence electrons. The van der Waals surface area contributed by atoms with E-state index in [4.69, 9.17) is 0 Å². The number of aromatic nitrogens is 3. The summed E-state index contributed by atoms with van der Waals surface area (Å²) in [6.45, 7) is 6.13. The zero-order valence-corrected chi connectivity index (χ0v) is 11.4. The Kier molecular flexibility index (Phi) is 3.86. The number of hydrogen-bond acceptors (Lipinski definition) is 5. The summed E-state index contributed by atoms with van der Waals surface area (Å²) in [4.78, 5) is 12.7. The molecule has 2 heterocycles. The summed E-state index contributed by atoms with van der Waals surface area (Å²) >= 11 is 1.59. The van der Waals surface area contributed by atoms with Crippen LogP contribution in [0, 0.1) is 19.7 Å².